The molecular formula is C39H56N2O6S7. The van der Waals surface area contributed by atoms with Crippen LogP contribution in [0.25, 0.3) is 0 Å². The molecule has 0 unspecified atom stereocenters. The highest BCUT2D eigenvalue weighted by Gasteiger charge is 2.25. The molecule has 0 amide bonds. The van der Waals surface area contributed by atoms with Gasteiger partial charge in [-0.1, -0.05) is 83.4 Å². The van der Waals surface area contributed by atoms with Crippen LogP contribution < -0.4 is 9.47 Å². The van der Waals surface area contributed by atoms with Gasteiger partial charge in [-0.25, -0.2) is 16.8 Å². The lowest BCUT2D eigenvalue weighted by Crippen LogP contribution is -2.33. The topological polar surface area (TPSA) is 93.2 Å². The molecule has 0 saturated heterocycles. The molecule has 1 aliphatic carbocycles. The molecule has 300 valence electrons. The molecule has 15 heteroatoms. The first kappa shape index (κ1) is 48.3. The van der Waals surface area contributed by atoms with Crippen molar-refractivity contribution in [3.63, 3.8) is 0 Å². The molecule has 0 N–H and O–H groups in total. The van der Waals surface area contributed by atoms with Crippen LogP contribution in [0.3, 0.4) is 0 Å². The van der Waals surface area contributed by atoms with Gasteiger partial charge in [-0.15, -0.1) is 23.5 Å². The molecule has 3 aromatic carbocycles. The van der Waals surface area contributed by atoms with Crippen LogP contribution in [-0.2, 0) is 70.8 Å². The van der Waals surface area contributed by atoms with Crippen molar-refractivity contribution < 1.29 is 26.3 Å². The van der Waals surface area contributed by atoms with Gasteiger partial charge >= 0.3 is 0 Å². The SMILES string of the molecule is C.C=CS(=O)(=O)N1CCSc2ccc(OC)cc2C1.CCCS(=O)(=O)N1CCSc2ccc(OC)cc2C1.S=S=S.c1ccc(CC2CCCCC2)cc1. The molecule has 0 bridgehead atoms. The van der Waals surface area contributed by atoms with E-state index >= 15 is 0 Å². The van der Waals surface area contributed by atoms with E-state index in [1.807, 2.05) is 43.3 Å². The molecule has 2 aliphatic heterocycles. The summed E-state index contributed by atoms with van der Waals surface area (Å²) in [6.45, 7) is 7.14. The summed E-state index contributed by atoms with van der Waals surface area (Å²) in [7, 11) is -2.36. The molecule has 1 fully saturated rings. The fourth-order valence-corrected chi connectivity index (χ4v) is 10.8. The van der Waals surface area contributed by atoms with Gasteiger partial charge in [0.25, 0.3) is 0 Å². The summed E-state index contributed by atoms with van der Waals surface area (Å²) in [6.07, 6.45) is 9.24. The summed E-state index contributed by atoms with van der Waals surface area (Å²) in [5, 5.41) is 1.00. The maximum atomic E-state index is 12.2. The van der Waals surface area contributed by atoms with E-state index in [-0.39, 0.29) is 13.2 Å². The Morgan fingerprint density at radius 1 is 0.815 bits per heavy atom. The first-order valence-corrected chi connectivity index (χ1v) is 25.4. The molecule has 0 spiro atoms. The monoisotopic (exact) mass is 872 g/mol. The largest absolute Gasteiger partial charge is 0.497 e. The van der Waals surface area contributed by atoms with Crippen LogP contribution in [0.1, 0.15) is 69.6 Å². The predicted octanol–water partition coefficient (Wildman–Crippen LogP) is 8.86. The van der Waals surface area contributed by atoms with Crippen molar-refractivity contribution in [1.29, 1.82) is 0 Å². The number of rotatable bonds is 9. The lowest BCUT2D eigenvalue weighted by Gasteiger charge is -2.21. The number of methoxy groups -OCH3 is 2. The predicted molar refractivity (Wildman–Crippen MR) is 237 cm³/mol. The standard InChI is InChI=1S/C13H19NO3S2.C13H18.C12H15NO3S2.CH4.S3/c1-3-8-19(15,16)14-6-7-18-13-5-4-12(17-2)9-11(13)10-14;1-3-7-12(8-4-1)11-13-9-5-2-6-10-13;1-3-18(14,15)13-6-7-17-12-5-4-11(16-2)8-10(12)9-13;;1-3-2/h4-5,9H,3,6-8,10H2,1-2H3;1,3-4,7-8,13H,2,5-6,9-11H2;3-5,8H,1,6-7,9H2,2H3;1H4;. The summed E-state index contributed by atoms with van der Waals surface area (Å²) in [5.74, 6) is 4.24. The first-order chi connectivity index (χ1) is 25.5. The summed E-state index contributed by atoms with van der Waals surface area (Å²) >= 11 is 11.6. The van der Waals surface area contributed by atoms with Crippen LogP contribution in [0.15, 0.2) is 88.5 Å². The van der Waals surface area contributed by atoms with E-state index in [9.17, 15) is 16.8 Å². The highest BCUT2D eigenvalue weighted by atomic mass is 33.1. The number of nitrogens with zero attached hydrogens (tertiary/aromatic N) is 2. The number of thioether (sulfide) groups is 2. The summed E-state index contributed by atoms with van der Waals surface area (Å²) in [4.78, 5) is 2.26. The van der Waals surface area contributed by atoms with Crippen molar-refractivity contribution >= 4 is 74.8 Å². The van der Waals surface area contributed by atoms with E-state index in [0.29, 0.717) is 32.6 Å². The van der Waals surface area contributed by atoms with Crippen LogP contribution >= 0.6 is 23.5 Å². The van der Waals surface area contributed by atoms with Gasteiger partial charge < -0.3 is 9.47 Å². The molecule has 0 atom stereocenters. The van der Waals surface area contributed by atoms with Crippen LogP contribution in [0.2, 0.25) is 0 Å². The normalized spacial score (nSPS) is 16.2. The zero-order valence-corrected chi connectivity index (χ0v) is 36.5. The van der Waals surface area contributed by atoms with Gasteiger partial charge in [0.15, 0.2) is 0 Å². The Morgan fingerprint density at radius 3 is 1.80 bits per heavy atom. The van der Waals surface area contributed by atoms with E-state index in [1.165, 1.54) is 48.4 Å². The maximum absolute atomic E-state index is 12.2. The average molecular weight is 873 g/mol. The van der Waals surface area contributed by atoms with Gasteiger partial charge in [0.1, 0.15) is 11.5 Å². The number of hydrogen-bond acceptors (Lipinski definition) is 10. The number of hydrogen-bond donors (Lipinski definition) is 0. The van der Waals surface area contributed by atoms with Crippen molar-refractivity contribution in [2.75, 3.05) is 44.6 Å². The Hall–Kier alpha value is -1.82. The second-order valence-corrected chi connectivity index (χ2v) is 20.6. The van der Waals surface area contributed by atoms with Crippen LogP contribution in [0, 0.1) is 5.92 Å². The van der Waals surface area contributed by atoms with Crippen molar-refractivity contribution in [1.82, 2.24) is 8.61 Å². The van der Waals surface area contributed by atoms with Gasteiger partial charge in [0.05, 0.1) is 20.0 Å². The second kappa shape index (κ2) is 25.4. The minimum Gasteiger partial charge on any atom is -0.497 e. The minimum absolute atomic E-state index is 0. The van der Waals surface area contributed by atoms with Gasteiger partial charge in [-0.3, -0.25) is 0 Å². The molecular weight excluding hydrogens is 817 g/mol. The second-order valence-electron chi connectivity index (χ2n) is 12.6. The average Bonchev–Trinajstić information content (AvgIpc) is 3.53. The molecule has 3 aliphatic rings. The van der Waals surface area contributed by atoms with E-state index < -0.39 is 20.0 Å². The zero-order chi connectivity index (χ0) is 38.7. The fraction of sp³-hybridized carbons (Fsp3) is 0.487. The molecule has 2 heterocycles. The van der Waals surface area contributed by atoms with Gasteiger partial charge in [-0.2, -0.15) is 8.61 Å². The Balaban J connectivity index is 0.000000271. The van der Waals surface area contributed by atoms with E-state index in [1.54, 1.807) is 42.0 Å². The fourth-order valence-electron chi connectivity index (χ4n) is 6.23. The minimum atomic E-state index is -3.36. The molecule has 0 aromatic heterocycles. The van der Waals surface area contributed by atoms with E-state index in [0.717, 1.165) is 64.1 Å². The molecule has 54 heavy (non-hydrogen) atoms. The Kier molecular flexibility index (Phi) is 22.8. The van der Waals surface area contributed by atoms with Gasteiger partial charge in [0.2, 0.25) is 20.0 Å². The third-order valence-electron chi connectivity index (χ3n) is 8.94. The smallest absolute Gasteiger partial charge is 0.235 e. The van der Waals surface area contributed by atoms with Crippen LogP contribution in [0.4, 0.5) is 0 Å². The summed E-state index contributed by atoms with van der Waals surface area (Å²) in [6, 6.07) is 22.5. The van der Waals surface area contributed by atoms with Gasteiger partial charge in [0, 0.05) is 84.1 Å². The molecule has 6 rings (SSSR count). The summed E-state index contributed by atoms with van der Waals surface area (Å²) in [5.41, 5.74) is 3.53. The lowest BCUT2D eigenvalue weighted by molar-refractivity contribution is 0.356. The van der Waals surface area contributed by atoms with Gasteiger partial charge in [-0.05, 0) is 71.8 Å². The Labute approximate surface area is 346 Å². The van der Waals surface area contributed by atoms with Crippen molar-refractivity contribution in [3.05, 3.63) is 95.4 Å². The zero-order valence-electron chi connectivity index (χ0n) is 30.8. The van der Waals surface area contributed by atoms with Crippen LogP contribution in [-0.4, -0.2) is 70.0 Å². The highest BCUT2D eigenvalue weighted by Crippen LogP contribution is 2.33. The molecule has 0 radical (unpaired) electrons. The molecule has 3 aromatic rings. The number of sulfonamides is 2. The summed E-state index contributed by atoms with van der Waals surface area (Å²) < 4.78 is 61.5. The van der Waals surface area contributed by atoms with Crippen molar-refractivity contribution in [3.8, 4) is 11.5 Å². The van der Waals surface area contributed by atoms with Crippen LogP contribution in [0.5, 0.6) is 11.5 Å². The molecule has 1 saturated carbocycles. The van der Waals surface area contributed by atoms with Crippen molar-refractivity contribution in [2.45, 2.75) is 82.2 Å². The number of benzene rings is 3. The highest BCUT2D eigenvalue weighted by molar-refractivity contribution is 8.37. The number of fused-ring (bicyclic) bond motifs is 2. The quantitative estimate of drug-likeness (QED) is 0.208. The maximum Gasteiger partial charge on any atom is 0.235 e. The van der Waals surface area contributed by atoms with Crippen molar-refractivity contribution in [2.24, 2.45) is 5.92 Å². The Bertz CT molecular complexity index is 1830. The molecule has 8 nitrogen and oxygen atoms in total. The lowest BCUT2D eigenvalue weighted by atomic mass is 9.85. The third kappa shape index (κ3) is 16.0. The first-order valence-electron chi connectivity index (χ1n) is 17.7. The Morgan fingerprint density at radius 2 is 1.31 bits per heavy atom. The van der Waals surface area contributed by atoms with E-state index in [4.69, 9.17) is 9.47 Å². The van der Waals surface area contributed by atoms with E-state index in [2.05, 4.69) is 59.3 Å². The number of ether oxygens (including phenoxy) is 2. The third-order valence-corrected chi connectivity index (χ3v) is 14.6.